The zero-order valence-corrected chi connectivity index (χ0v) is 17.6. The lowest BCUT2D eigenvalue weighted by molar-refractivity contribution is -0.0813. The predicted octanol–water partition coefficient (Wildman–Crippen LogP) is 5.56. The minimum absolute atomic E-state index is 0.116. The number of nitrogens with one attached hydrogen (secondary N) is 1. The Morgan fingerprint density at radius 3 is 2.59 bits per heavy atom. The SMILES string of the molecule is CC1=CN(C2CCCCO2)NC(C)=C1c1ccc(OCc2ccccc2)cc1C. The average molecular weight is 391 g/mol. The molecule has 152 valence electrons. The van der Waals surface area contributed by atoms with Crippen molar-refractivity contribution in [2.45, 2.75) is 52.9 Å². The van der Waals surface area contributed by atoms with Gasteiger partial charge in [0, 0.05) is 24.1 Å². The van der Waals surface area contributed by atoms with Crippen LogP contribution in [0.2, 0.25) is 0 Å². The molecular weight excluding hydrogens is 360 g/mol. The van der Waals surface area contributed by atoms with Gasteiger partial charge in [-0.3, -0.25) is 5.01 Å². The third kappa shape index (κ3) is 4.48. The van der Waals surface area contributed by atoms with E-state index in [1.54, 1.807) is 0 Å². The molecule has 29 heavy (non-hydrogen) atoms. The molecule has 0 aliphatic carbocycles. The predicted molar refractivity (Wildman–Crippen MR) is 117 cm³/mol. The van der Waals surface area contributed by atoms with E-state index in [1.165, 1.54) is 34.3 Å². The molecule has 0 amide bonds. The van der Waals surface area contributed by atoms with E-state index in [0.29, 0.717) is 6.61 Å². The average Bonchev–Trinajstić information content (AvgIpc) is 2.74. The van der Waals surface area contributed by atoms with Crippen LogP contribution in [0.15, 0.2) is 66.0 Å². The van der Waals surface area contributed by atoms with Crippen LogP contribution in [0.5, 0.6) is 5.75 Å². The highest BCUT2D eigenvalue weighted by atomic mass is 16.5. The van der Waals surface area contributed by atoms with Crippen LogP contribution in [0, 0.1) is 6.92 Å². The topological polar surface area (TPSA) is 33.7 Å². The first-order chi connectivity index (χ1) is 14.1. The Morgan fingerprint density at radius 1 is 1.07 bits per heavy atom. The molecule has 2 aromatic rings. The molecule has 1 fully saturated rings. The van der Waals surface area contributed by atoms with Gasteiger partial charge in [0.15, 0.2) is 0 Å². The Hall–Kier alpha value is -2.72. The maximum absolute atomic E-state index is 5.99. The Labute approximate surface area is 173 Å². The van der Waals surface area contributed by atoms with Gasteiger partial charge in [0.05, 0.1) is 0 Å². The van der Waals surface area contributed by atoms with Gasteiger partial charge >= 0.3 is 0 Å². The van der Waals surface area contributed by atoms with Gasteiger partial charge in [-0.2, -0.15) is 0 Å². The molecule has 0 bridgehead atoms. The van der Waals surface area contributed by atoms with Crippen molar-refractivity contribution in [2.24, 2.45) is 0 Å². The van der Waals surface area contributed by atoms with E-state index in [-0.39, 0.29) is 6.23 Å². The Kier molecular flexibility index (Phi) is 5.91. The summed E-state index contributed by atoms with van der Waals surface area (Å²) in [6.45, 7) is 7.89. The Bertz CT molecular complexity index is 912. The molecule has 0 aromatic heterocycles. The fourth-order valence-electron chi connectivity index (χ4n) is 4.11. The summed E-state index contributed by atoms with van der Waals surface area (Å²) >= 11 is 0. The fraction of sp³-hybridized carbons (Fsp3) is 0.360. The van der Waals surface area contributed by atoms with Crippen molar-refractivity contribution < 1.29 is 9.47 Å². The summed E-state index contributed by atoms with van der Waals surface area (Å²) in [5.41, 5.74) is 10.8. The third-order valence-electron chi connectivity index (χ3n) is 5.58. The standard InChI is InChI=1S/C25H30N2O2/c1-18-15-22(29-17-21-9-5-4-6-10-21)12-13-23(18)25-19(2)16-27(26-20(25)3)24-11-7-8-14-28-24/h4-6,9-10,12-13,15-16,24,26H,7-8,11,14,17H2,1-3H3. The van der Waals surface area contributed by atoms with E-state index in [9.17, 15) is 0 Å². The number of benzene rings is 2. The number of ether oxygens (including phenoxy) is 2. The van der Waals surface area contributed by atoms with E-state index >= 15 is 0 Å². The van der Waals surface area contributed by atoms with Gasteiger partial charge in [0.25, 0.3) is 0 Å². The second kappa shape index (κ2) is 8.75. The monoisotopic (exact) mass is 390 g/mol. The van der Waals surface area contributed by atoms with Crippen molar-refractivity contribution >= 4 is 5.57 Å². The first-order valence-corrected chi connectivity index (χ1v) is 10.5. The van der Waals surface area contributed by atoms with Crippen molar-refractivity contribution in [3.8, 4) is 5.75 Å². The number of allylic oxidation sites excluding steroid dienone is 3. The lowest BCUT2D eigenvalue weighted by atomic mass is 9.93. The summed E-state index contributed by atoms with van der Waals surface area (Å²) in [4.78, 5) is 0. The van der Waals surface area contributed by atoms with E-state index in [4.69, 9.17) is 9.47 Å². The zero-order valence-electron chi connectivity index (χ0n) is 17.6. The first-order valence-electron chi connectivity index (χ1n) is 10.5. The van der Waals surface area contributed by atoms with Crippen LogP contribution in [0.1, 0.15) is 49.8 Å². The molecule has 0 saturated carbocycles. The van der Waals surface area contributed by atoms with Crippen LogP contribution in [-0.4, -0.2) is 17.8 Å². The summed E-state index contributed by atoms with van der Waals surface area (Å²) in [7, 11) is 0. The molecule has 1 unspecified atom stereocenters. The van der Waals surface area contributed by atoms with Crippen molar-refractivity contribution in [3.63, 3.8) is 0 Å². The van der Waals surface area contributed by atoms with Gasteiger partial charge in [-0.15, -0.1) is 0 Å². The Morgan fingerprint density at radius 2 is 1.90 bits per heavy atom. The molecule has 2 aliphatic rings. The molecule has 0 radical (unpaired) electrons. The van der Waals surface area contributed by atoms with Crippen molar-refractivity contribution in [1.82, 2.24) is 10.4 Å². The lowest BCUT2D eigenvalue weighted by Gasteiger charge is -2.38. The first kappa shape index (κ1) is 19.6. The summed E-state index contributed by atoms with van der Waals surface area (Å²) < 4.78 is 11.9. The van der Waals surface area contributed by atoms with Gasteiger partial charge in [-0.25, -0.2) is 0 Å². The van der Waals surface area contributed by atoms with Crippen LogP contribution in [0.3, 0.4) is 0 Å². The number of hydrogen-bond acceptors (Lipinski definition) is 4. The van der Waals surface area contributed by atoms with E-state index in [1.807, 2.05) is 18.2 Å². The lowest BCUT2D eigenvalue weighted by Crippen LogP contribution is -2.45. The normalized spacial score (nSPS) is 19.6. The molecule has 4 nitrogen and oxygen atoms in total. The van der Waals surface area contributed by atoms with E-state index in [0.717, 1.165) is 30.9 Å². The second-order valence-electron chi connectivity index (χ2n) is 7.90. The molecule has 1 saturated heterocycles. The van der Waals surface area contributed by atoms with Gasteiger partial charge in [0.1, 0.15) is 18.6 Å². The van der Waals surface area contributed by atoms with Crippen LogP contribution < -0.4 is 10.2 Å². The quantitative estimate of drug-likeness (QED) is 0.725. The third-order valence-corrected chi connectivity index (χ3v) is 5.58. The maximum Gasteiger partial charge on any atom is 0.147 e. The highest BCUT2D eigenvalue weighted by Crippen LogP contribution is 2.34. The largest absolute Gasteiger partial charge is 0.489 e. The van der Waals surface area contributed by atoms with Gasteiger partial charge in [-0.1, -0.05) is 36.4 Å². The molecule has 0 spiro atoms. The molecular formula is C25H30N2O2. The van der Waals surface area contributed by atoms with Gasteiger partial charge in [-0.05, 0) is 74.4 Å². The van der Waals surface area contributed by atoms with Crippen LogP contribution in [-0.2, 0) is 11.3 Å². The molecule has 1 N–H and O–H groups in total. The highest BCUT2D eigenvalue weighted by Gasteiger charge is 2.25. The van der Waals surface area contributed by atoms with Gasteiger partial charge < -0.3 is 14.9 Å². The van der Waals surface area contributed by atoms with E-state index in [2.05, 4.69) is 67.7 Å². The summed E-state index contributed by atoms with van der Waals surface area (Å²) in [5, 5.41) is 2.13. The molecule has 1 atom stereocenters. The molecule has 2 aromatic carbocycles. The molecule has 4 rings (SSSR count). The number of hydrogen-bond donors (Lipinski definition) is 1. The molecule has 2 heterocycles. The summed E-state index contributed by atoms with van der Waals surface area (Å²) in [6.07, 6.45) is 5.73. The minimum atomic E-state index is 0.116. The summed E-state index contributed by atoms with van der Waals surface area (Å²) in [6, 6.07) is 16.6. The number of hydrazine groups is 1. The van der Waals surface area contributed by atoms with Crippen molar-refractivity contribution in [3.05, 3.63) is 82.7 Å². The smallest absolute Gasteiger partial charge is 0.147 e. The van der Waals surface area contributed by atoms with Crippen molar-refractivity contribution in [1.29, 1.82) is 0 Å². The number of rotatable bonds is 5. The number of aryl methyl sites for hydroxylation is 1. The molecule has 4 heteroatoms. The number of nitrogens with zero attached hydrogens (tertiary/aromatic N) is 1. The molecule has 2 aliphatic heterocycles. The summed E-state index contributed by atoms with van der Waals surface area (Å²) in [5.74, 6) is 0.899. The fourth-order valence-corrected chi connectivity index (χ4v) is 4.11. The van der Waals surface area contributed by atoms with E-state index < -0.39 is 0 Å². The minimum Gasteiger partial charge on any atom is -0.489 e. The van der Waals surface area contributed by atoms with Crippen molar-refractivity contribution in [2.75, 3.05) is 6.61 Å². The van der Waals surface area contributed by atoms with Gasteiger partial charge in [0.2, 0.25) is 0 Å². The maximum atomic E-state index is 5.99. The van der Waals surface area contributed by atoms with Crippen LogP contribution >= 0.6 is 0 Å². The Balaban J connectivity index is 1.49. The highest BCUT2D eigenvalue weighted by molar-refractivity contribution is 5.82. The zero-order chi connectivity index (χ0) is 20.2. The van der Waals surface area contributed by atoms with Crippen LogP contribution in [0.25, 0.3) is 5.57 Å². The second-order valence-corrected chi connectivity index (χ2v) is 7.90. The van der Waals surface area contributed by atoms with Crippen LogP contribution in [0.4, 0.5) is 0 Å².